The summed E-state index contributed by atoms with van der Waals surface area (Å²) in [6.45, 7) is 3.63. The molecular weight excluding hydrogens is 527 g/mol. The molecule has 0 bridgehead atoms. The maximum Gasteiger partial charge on any atom is 0.573 e. The van der Waals surface area contributed by atoms with E-state index in [1.807, 2.05) is 6.92 Å². The Hall–Kier alpha value is -5.33. The van der Waals surface area contributed by atoms with E-state index in [4.69, 9.17) is 5.73 Å². The molecule has 0 spiro atoms. The minimum Gasteiger partial charge on any atom is -0.406 e. The summed E-state index contributed by atoms with van der Waals surface area (Å²) in [6.07, 6.45) is -3.23. The summed E-state index contributed by atoms with van der Waals surface area (Å²) in [5.41, 5.74) is 9.48. The molecule has 0 radical (unpaired) electrons. The molecule has 0 fully saturated rings. The van der Waals surface area contributed by atoms with E-state index in [9.17, 15) is 22.8 Å². The molecule has 206 valence electrons. The number of ether oxygens (including phenoxy) is 1. The van der Waals surface area contributed by atoms with E-state index in [0.717, 1.165) is 28.9 Å². The zero-order valence-electron chi connectivity index (χ0n) is 21.3. The summed E-state index contributed by atoms with van der Waals surface area (Å²) in [5, 5.41) is 11.5. The first-order valence-corrected chi connectivity index (χ1v) is 11.8. The predicted molar refractivity (Wildman–Crippen MR) is 145 cm³/mol. The number of hydrogen-bond donors (Lipinski definition) is 5. The first-order valence-electron chi connectivity index (χ1n) is 11.8. The number of hydrogen-bond acceptors (Lipinski definition) is 7. The number of nitrogens with two attached hydrogens (primary N) is 1. The van der Waals surface area contributed by atoms with Crippen LogP contribution in [0, 0.1) is 13.8 Å². The summed E-state index contributed by atoms with van der Waals surface area (Å²) in [6, 6.07) is 16.2. The number of urea groups is 1. The molecule has 3 amide bonds. The average molecular weight is 552 g/mol. The Morgan fingerprint density at radius 3 is 2.17 bits per heavy atom. The van der Waals surface area contributed by atoms with E-state index < -0.39 is 24.1 Å². The maximum absolute atomic E-state index is 12.3. The SMILES string of the molecule is Cc1cc(NC(=O)Nc2ccc(OC(F)(F)F)cc2)ccc1Nc1ccnc(Nc2ccc(C)c(C(N)=O)c2)n1. The van der Waals surface area contributed by atoms with Gasteiger partial charge in [-0.15, -0.1) is 13.2 Å². The lowest BCUT2D eigenvalue weighted by Gasteiger charge is -2.13. The van der Waals surface area contributed by atoms with Crippen LogP contribution in [0.4, 0.5) is 52.5 Å². The van der Waals surface area contributed by atoms with Crippen molar-refractivity contribution in [3.63, 3.8) is 0 Å². The highest BCUT2D eigenvalue weighted by Crippen LogP contribution is 2.26. The van der Waals surface area contributed by atoms with Gasteiger partial charge in [-0.25, -0.2) is 9.78 Å². The van der Waals surface area contributed by atoms with Crippen molar-refractivity contribution in [1.82, 2.24) is 9.97 Å². The third kappa shape index (κ3) is 7.60. The molecule has 1 heterocycles. The van der Waals surface area contributed by atoms with Crippen LogP contribution in [-0.4, -0.2) is 28.3 Å². The van der Waals surface area contributed by atoms with E-state index >= 15 is 0 Å². The molecule has 0 aliphatic heterocycles. The van der Waals surface area contributed by atoms with Gasteiger partial charge in [-0.05, 0) is 85.6 Å². The van der Waals surface area contributed by atoms with Crippen LogP contribution in [0.2, 0.25) is 0 Å². The topological polar surface area (TPSA) is 143 Å². The Morgan fingerprint density at radius 2 is 1.50 bits per heavy atom. The van der Waals surface area contributed by atoms with Gasteiger partial charge in [0.25, 0.3) is 0 Å². The molecule has 10 nitrogen and oxygen atoms in total. The minimum atomic E-state index is -4.79. The zero-order valence-corrected chi connectivity index (χ0v) is 21.3. The van der Waals surface area contributed by atoms with Crippen molar-refractivity contribution in [2.75, 3.05) is 21.3 Å². The summed E-state index contributed by atoms with van der Waals surface area (Å²) >= 11 is 0. The van der Waals surface area contributed by atoms with Crippen LogP contribution in [0.3, 0.4) is 0 Å². The van der Waals surface area contributed by atoms with Crippen molar-refractivity contribution in [1.29, 1.82) is 0 Å². The van der Waals surface area contributed by atoms with Crippen molar-refractivity contribution >= 4 is 46.5 Å². The molecule has 0 aliphatic carbocycles. The van der Waals surface area contributed by atoms with Crippen molar-refractivity contribution < 1.29 is 27.5 Å². The Kier molecular flexibility index (Phi) is 8.03. The van der Waals surface area contributed by atoms with E-state index in [0.29, 0.717) is 28.7 Å². The first-order chi connectivity index (χ1) is 18.9. The van der Waals surface area contributed by atoms with Crippen LogP contribution < -0.4 is 31.7 Å². The summed E-state index contributed by atoms with van der Waals surface area (Å²) in [7, 11) is 0. The third-order valence-electron chi connectivity index (χ3n) is 5.51. The van der Waals surface area contributed by atoms with Gasteiger partial charge in [0, 0.05) is 34.5 Å². The number of rotatable bonds is 8. The highest BCUT2D eigenvalue weighted by atomic mass is 19.4. The van der Waals surface area contributed by atoms with Gasteiger partial charge in [0.2, 0.25) is 11.9 Å². The molecule has 0 atom stereocenters. The number of primary amides is 1. The number of carbonyl (C=O) groups is 2. The number of anilines is 6. The molecule has 1 aromatic heterocycles. The largest absolute Gasteiger partial charge is 0.573 e. The van der Waals surface area contributed by atoms with Gasteiger partial charge in [-0.1, -0.05) is 6.07 Å². The van der Waals surface area contributed by atoms with E-state index in [2.05, 4.69) is 36.0 Å². The number of alkyl halides is 3. The number of aryl methyl sites for hydroxylation is 2. The number of benzene rings is 3. The normalized spacial score (nSPS) is 10.9. The van der Waals surface area contributed by atoms with Crippen LogP contribution in [0.5, 0.6) is 5.75 Å². The van der Waals surface area contributed by atoms with Gasteiger partial charge in [0.1, 0.15) is 11.6 Å². The molecule has 6 N–H and O–H groups in total. The van der Waals surface area contributed by atoms with Gasteiger partial charge in [-0.3, -0.25) is 4.79 Å². The Balaban J connectivity index is 1.37. The second-order valence-corrected chi connectivity index (χ2v) is 8.59. The van der Waals surface area contributed by atoms with Crippen molar-refractivity contribution in [2.24, 2.45) is 5.73 Å². The third-order valence-corrected chi connectivity index (χ3v) is 5.51. The highest BCUT2D eigenvalue weighted by Gasteiger charge is 2.31. The highest BCUT2D eigenvalue weighted by molar-refractivity contribution is 6.00. The van der Waals surface area contributed by atoms with Crippen LogP contribution in [0.15, 0.2) is 72.9 Å². The summed E-state index contributed by atoms with van der Waals surface area (Å²) in [4.78, 5) is 32.6. The average Bonchev–Trinajstić information content (AvgIpc) is 2.87. The van der Waals surface area contributed by atoms with Crippen LogP contribution >= 0.6 is 0 Å². The van der Waals surface area contributed by atoms with Gasteiger partial charge in [0.05, 0.1) is 0 Å². The molecule has 0 saturated heterocycles. The molecule has 4 aromatic rings. The Labute approximate surface area is 226 Å². The molecule has 0 aliphatic rings. The lowest BCUT2D eigenvalue weighted by molar-refractivity contribution is -0.274. The van der Waals surface area contributed by atoms with Crippen molar-refractivity contribution in [3.05, 3.63) is 89.6 Å². The first kappa shape index (κ1) is 27.7. The summed E-state index contributed by atoms with van der Waals surface area (Å²) in [5.74, 6) is -0.123. The number of nitrogens with one attached hydrogen (secondary N) is 4. The lowest BCUT2D eigenvalue weighted by Crippen LogP contribution is -2.20. The fourth-order valence-corrected chi connectivity index (χ4v) is 3.64. The number of halogens is 3. The molecular formula is C27H24F3N7O3. The number of carbonyl (C=O) groups excluding carboxylic acids is 2. The minimum absolute atomic E-state index is 0.284. The van der Waals surface area contributed by atoms with Crippen molar-refractivity contribution in [3.8, 4) is 5.75 Å². The second-order valence-electron chi connectivity index (χ2n) is 8.59. The molecule has 4 rings (SSSR count). The predicted octanol–water partition coefficient (Wildman–Crippen LogP) is 6.22. The zero-order chi connectivity index (χ0) is 28.9. The Bertz CT molecular complexity index is 1540. The monoisotopic (exact) mass is 551 g/mol. The standard InChI is InChI=1S/C27H24F3N7O3/c1-15-3-4-19(14-21(15)24(31)38)33-25-32-12-11-23(37-25)36-22-10-7-18(13-16(22)2)35-26(39)34-17-5-8-20(9-6-17)40-27(28,29)30/h3-14H,1-2H3,(H2,31,38)(H2,34,35,39)(H2,32,33,36,37). The van der Waals surface area contributed by atoms with Crippen LogP contribution in [0.25, 0.3) is 0 Å². The Morgan fingerprint density at radius 1 is 0.825 bits per heavy atom. The van der Waals surface area contributed by atoms with Gasteiger partial charge < -0.3 is 31.7 Å². The van der Waals surface area contributed by atoms with Crippen molar-refractivity contribution in [2.45, 2.75) is 20.2 Å². The van der Waals surface area contributed by atoms with Gasteiger partial charge in [0.15, 0.2) is 0 Å². The fourth-order valence-electron chi connectivity index (χ4n) is 3.64. The number of nitrogens with zero attached hydrogens (tertiary/aromatic N) is 2. The number of aromatic nitrogens is 2. The lowest BCUT2D eigenvalue weighted by atomic mass is 10.1. The molecule has 0 saturated carbocycles. The van der Waals surface area contributed by atoms with E-state index in [1.54, 1.807) is 55.6 Å². The number of amides is 3. The maximum atomic E-state index is 12.3. The molecule has 0 unspecified atom stereocenters. The smallest absolute Gasteiger partial charge is 0.406 e. The van der Waals surface area contributed by atoms with Crippen LogP contribution in [0.1, 0.15) is 21.5 Å². The van der Waals surface area contributed by atoms with Gasteiger partial charge in [-0.2, -0.15) is 4.98 Å². The second kappa shape index (κ2) is 11.6. The molecule has 3 aromatic carbocycles. The fraction of sp³-hybridized carbons (Fsp3) is 0.111. The summed E-state index contributed by atoms with van der Waals surface area (Å²) < 4.78 is 40.7. The van der Waals surface area contributed by atoms with Gasteiger partial charge >= 0.3 is 12.4 Å². The molecule has 13 heteroatoms. The van der Waals surface area contributed by atoms with Crippen LogP contribution in [-0.2, 0) is 0 Å². The quantitative estimate of drug-likeness (QED) is 0.175. The van der Waals surface area contributed by atoms with E-state index in [1.165, 1.54) is 12.1 Å². The molecule has 40 heavy (non-hydrogen) atoms. The van der Waals surface area contributed by atoms with E-state index in [-0.39, 0.29) is 5.69 Å².